The normalized spacial score (nSPS) is 10.1. The first-order valence-corrected chi connectivity index (χ1v) is 39.1. The lowest BCUT2D eigenvalue weighted by Crippen LogP contribution is -2.12. The minimum atomic E-state index is -0.265. The molecular formula is C86H99Br2N11O12. The molecule has 0 aliphatic rings. The first kappa shape index (κ1) is 89.8. The van der Waals surface area contributed by atoms with E-state index in [-0.39, 0.29) is 29.0 Å². The van der Waals surface area contributed by atoms with E-state index in [4.69, 9.17) is 112 Å². The van der Waals surface area contributed by atoms with E-state index in [9.17, 15) is 5.26 Å². The maximum atomic E-state index is 9.25. The van der Waals surface area contributed by atoms with Crippen molar-refractivity contribution in [3.8, 4) is 99.3 Å². The lowest BCUT2D eigenvalue weighted by atomic mass is 10.2. The number of phenolic OH excluding ortho intramolecular Hbond substituents is 2. The number of amidine groups is 3. The third-order valence-corrected chi connectivity index (χ3v) is 17.3. The number of nitrogens with zero attached hydrogens (tertiary/aromatic N) is 5. The molecule has 0 amide bonds. The quantitative estimate of drug-likeness (QED) is 0.00577. The van der Waals surface area contributed by atoms with Gasteiger partial charge in [-0.15, -0.1) is 0 Å². The molecule has 8 aromatic carbocycles. The van der Waals surface area contributed by atoms with Crippen molar-refractivity contribution in [2.75, 3.05) is 76.7 Å². The Morgan fingerprint density at radius 2 is 0.495 bits per heavy atom. The van der Waals surface area contributed by atoms with Crippen molar-refractivity contribution in [2.24, 2.45) is 17.2 Å². The van der Waals surface area contributed by atoms with Crippen LogP contribution in [-0.4, -0.2) is 104 Å². The Labute approximate surface area is 668 Å². The van der Waals surface area contributed by atoms with Crippen molar-refractivity contribution in [2.45, 2.75) is 116 Å². The van der Waals surface area contributed by atoms with Gasteiger partial charge in [-0.2, -0.15) is 26.3 Å². The summed E-state index contributed by atoms with van der Waals surface area (Å²) in [6.45, 7) is 5.84. The molecule has 0 saturated carbocycles. The van der Waals surface area contributed by atoms with Gasteiger partial charge >= 0.3 is 0 Å². The van der Waals surface area contributed by atoms with Crippen LogP contribution in [0.1, 0.15) is 160 Å². The largest absolute Gasteiger partial charge is 0.504 e. The van der Waals surface area contributed by atoms with E-state index in [1.165, 1.54) is 18.2 Å². The summed E-state index contributed by atoms with van der Waals surface area (Å²) in [7, 11) is 0. The van der Waals surface area contributed by atoms with Gasteiger partial charge in [0, 0.05) is 45.5 Å². The zero-order valence-corrected chi connectivity index (χ0v) is 65.8. The third kappa shape index (κ3) is 37.2. The molecule has 0 spiro atoms. The van der Waals surface area contributed by atoms with Gasteiger partial charge in [-0.3, -0.25) is 16.2 Å². The molecule has 25 heteroatoms. The van der Waals surface area contributed by atoms with E-state index >= 15 is 0 Å². The molecule has 0 aromatic heterocycles. The van der Waals surface area contributed by atoms with Gasteiger partial charge in [0.05, 0.1) is 124 Å². The van der Waals surface area contributed by atoms with Crippen LogP contribution < -0.4 is 64.6 Å². The van der Waals surface area contributed by atoms with Crippen molar-refractivity contribution in [1.82, 2.24) is 0 Å². The molecular weight excluding hydrogens is 1540 g/mol. The average molecular weight is 1640 g/mol. The highest BCUT2D eigenvalue weighted by Crippen LogP contribution is 2.32. The van der Waals surface area contributed by atoms with Crippen molar-refractivity contribution < 1.29 is 57.6 Å². The molecule has 0 bridgehead atoms. The number of hydrogen-bond donors (Lipinski definition) is 8. The summed E-state index contributed by atoms with van der Waals surface area (Å²) < 4.78 is 58.4. The van der Waals surface area contributed by atoms with E-state index in [1.807, 2.05) is 36.4 Å². The number of alkyl halides is 2. The summed E-state index contributed by atoms with van der Waals surface area (Å²) in [6, 6.07) is 58.6. The summed E-state index contributed by atoms with van der Waals surface area (Å²) in [5.41, 5.74) is 21.2. The second kappa shape index (κ2) is 54.7. The van der Waals surface area contributed by atoms with Crippen molar-refractivity contribution >= 4 is 49.4 Å². The van der Waals surface area contributed by atoms with Crippen LogP contribution in [0, 0.1) is 72.9 Å². The van der Waals surface area contributed by atoms with Crippen LogP contribution in [-0.2, 0) is 0 Å². The van der Waals surface area contributed by atoms with Gasteiger partial charge in [0.25, 0.3) is 0 Å². The molecule has 0 unspecified atom stereocenters. The number of rotatable bonds is 47. The Balaban J connectivity index is 0.000000289. The van der Waals surface area contributed by atoms with E-state index in [0.717, 1.165) is 155 Å². The third-order valence-electron chi connectivity index (χ3n) is 16.1. The Morgan fingerprint density at radius 3 is 0.784 bits per heavy atom. The number of benzene rings is 8. The van der Waals surface area contributed by atoms with Gasteiger partial charge < -0.3 is 74.8 Å². The first-order chi connectivity index (χ1) is 54.1. The Kier molecular flexibility index (Phi) is 44.3. The van der Waals surface area contributed by atoms with E-state index in [0.29, 0.717) is 139 Å². The fourth-order valence-corrected chi connectivity index (χ4v) is 10.7. The van der Waals surface area contributed by atoms with E-state index in [2.05, 4.69) is 56.1 Å². The molecule has 584 valence electrons. The van der Waals surface area contributed by atoms with Crippen LogP contribution in [0.5, 0.6) is 69.0 Å². The fraction of sp³-hybridized carbons (Fsp3) is 0.349. The number of aromatic hydroxyl groups is 2. The molecule has 11 N–H and O–H groups in total. The summed E-state index contributed by atoms with van der Waals surface area (Å²) in [4.78, 5) is 0. The summed E-state index contributed by atoms with van der Waals surface area (Å²) in [5.74, 6) is 6.46. The minimum Gasteiger partial charge on any atom is -0.504 e. The SMILES string of the molecule is N#Cc1ccc(O)c(O)c1.N#Cc1ccc(OCCCCCBr)c(OCCCCCBr)c1.N#Cc1ccc(OCCCCCOc2ccc(C#N)cc2OCCCCCOc2ccc(C#N)cc2)cc1.N=C(N)c1ccc(OCCCCCOc2ccc(C(=N)N)cc2OCCCCCOc2ccc(C(=N)N)cc2)cc1. The van der Waals surface area contributed by atoms with Crippen LogP contribution in [0.2, 0.25) is 0 Å². The first-order valence-electron chi connectivity index (χ1n) is 36.9. The number of nitriles is 5. The van der Waals surface area contributed by atoms with Crippen molar-refractivity contribution in [3.05, 3.63) is 214 Å². The number of nitrogens with two attached hydrogens (primary N) is 3. The fourth-order valence-electron chi connectivity index (χ4n) is 9.96. The second-order valence-corrected chi connectivity index (χ2v) is 26.4. The Hall–Kier alpha value is -11.8. The highest BCUT2D eigenvalue weighted by molar-refractivity contribution is 9.09. The molecule has 0 heterocycles. The molecule has 0 aliphatic heterocycles. The monoisotopic (exact) mass is 1640 g/mol. The number of nitrogen functional groups attached to an aromatic ring is 3. The van der Waals surface area contributed by atoms with Gasteiger partial charge in [-0.05, 0) is 267 Å². The number of unbranched alkanes of at least 4 members (excludes halogenated alkanes) is 12. The molecule has 111 heavy (non-hydrogen) atoms. The van der Waals surface area contributed by atoms with Gasteiger partial charge in [-0.25, -0.2) is 0 Å². The van der Waals surface area contributed by atoms with Gasteiger partial charge in [0.2, 0.25) is 0 Å². The number of phenols is 2. The zero-order valence-electron chi connectivity index (χ0n) is 62.6. The molecule has 0 radical (unpaired) electrons. The maximum absolute atomic E-state index is 9.25. The minimum absolute atomic E-state index is 0.0224. The lowest BCUT2D eigenvalue weighted by molar-refractivity contribution is 0.249. The number of nitrogens with one attached hydrogen (secondary N) is 3. The highest BCUT2D eigenvalue weighted by atomic mass is 79.9. The van der Waals surface area contributed by atoms with Crippen LogP contribution in [0.3, 0.4) is 0 Å². The van der Waals surface area contributed by atoms with Crippen LogP contribution in [0.4, 0.5) is 0 Å². The van der Waals surface area contributed by atoms with E-state index < -0.39 is 0 Å². The van der Waals surface area contributed by atoms with Crippen molar-refractivity contribution in [3.63, 3.8) is 0 Å². The van der Waals surface area contributed by atoms with Gasteiger partial charge in [0.1, 0.15) is 40.5 Å². The molecule has 8 aromatic rings. The van der Waals surface area contributed by atoms with Crippen molar-refractivity contribution in [1.29, 1.82) is 42.5 Å². The Morgan fingerprint density at radius 1 is 0.261 bits per heavy atom. The topological polar surface area (TPSA) is 401 Å². The highest BCUT2D eigenvalue weighted by Gasteiger charge is 2.13. The van der Waals surface area contributed by atoms with Crippen LogP contribution in [0.25, 0.3) is 0 Å². The van der Waals surface area contributed by atoms with Gasteiger partial charge in [0.15, 0.2) is 46.0 Å². The summed E-state index contributed by atoms with van der Waals surface area (Å²) in [5, 5.41) is 86.5. The number of halogens is 2. The zero-order chi connectivity index (χ0) is 79.9. The molecule has 0 atom stereocenters. The van der Waals surface area contributed by atoms with Gasteiger partial charge in [-0.1, -0.05) is 31.9 Å². The predicted molar refractivity (Wildman–Crippen MR) is 437 cm³/mol. The molecule has 0 saturated heterocycles. The average Bonchev–Trinajstić information content (AvgIpc) is 0.855. The summed E-state index contributed by atoms with van der Waals surface area (Å²) in [6.07, 6.45) is 17.4. The molecule has 23 nitrogen and oxygen atoms in total. The smallest absolute Gasteiger partial charge is 0.162 e. The lowest BCUT2D eigenvalue weighted by Gasteiger charge is -2.14. The Bertz CT molecular complexity index is 4290. The summed E-state index contributed by atoms with van der Waals surface area (Å²) >= 11 is 6.85. The van der Waals surface area contributed by atoms with E-state index in [1.54, 1.807) is 121 Å². The van der Waals surface area contributed by atoms with Crippen LogP contribution >= 0.6 is 31.9 Å². The maximum Gasteiger partial charge on any atom is 0.162 e. The number of hydrogen-bond acceptors (Lipinski definition) is 20. The second-order valence-electron chi connectivity index (χ2n) is 24.8. The standard InChI is InChI=1S/C31H40N6O4.C31H31N3O4.C17H23Br2NO2.C7H5NO2/c32-29(33)22-7-12-25(13-8-22)38-17-3-1-5-19-40-27-16-11-24(31(36)37)21-28(27)41-20-6-2-4-18-39-26-14-9-23(10-15-26)30(34)35;32-22-25-7-12-28(13-8-25)35-17-3-1-5-19-37-30-16-11-27(24-34)21-31(30)38-20-6-2-4-18-36-29-14-9-26(23-33)10-15-29;18-9-3-1-5-11-21-16-8-7-15(14-20)13-17(16)22-12-6-2-4-10-19;8-4-5-1-2-6(9)7(10)3-5/h7-16,21H,1-6,17-20H2,(H3,32,33)(H3,34,35)(H3,36,37);7-16,21H,1-6,17-20H2;7-8,13H,1-6,9-12H2;1-3,9-10H. The van der Waals surface area contributed by atoms with Crippen LogP contribution in [0.15, 0.2) is 170 Å². The number of ether oxygens (including phenoxy) is 10. The molecule has 8 rings (SSSR count). The molecule has 0 aliphatic carbocycles. The predicted octanol–water partition coefficient (Wildman–Crippen LogP) is 17.8. The molecule has 0 fully saturated rings.